The van der Waals surface area contributed by atoms with Crippen LogP contribution >= 0.6 is 11.3 Å². The zero-order valence-corrected chi connectivity index (χ0v) is 11.8. The third-order valence-corrected chi connectivity index (χ3v) is 5.64. The van der Waals surface area contributed by atoms with E-state index in [0.717, 1.165) is 26.1 Å². The van der Waals surface area contributed by atoms with Crippen molar-refractivity contribution in [1.82, 2.24) is 10.3 Å². The van der Waals surface area contributed by atoms with Gasteiger partial charge < -0.3 is 15.8 Å². The normalized spacial score (nSPS) is 37.3. The van der Waals surface area contributed by atoms with E-state index >= 15 is 0 Å². The van der Waals surface area contributed by atoms with Gasteiger partial charge in [-0.1, -0.05) is 13.8 Å². The summed E-state index contributed by atoms with van der Waals surface area (Å²) in [4.78, 5) is 5.34. The molecule has 100 valence electrons. The van der Waals surface area contributed by atoms with Crippen LogP contribution in [0.15, 0.2) is 11.7 Å². The van der Waals surface area contributed by atoms with Crippen molar-refractivity contribution in [2.24, 2.45) is 17.1 Å². The van der Waals surface area contributed by atoms with Crippen LogP contribution in [0.1, 0.15) is 25.1 Å². The summed E-state index contributed by atoms with van der Waals surface area (Å²) in [5.74, 6) is 0.515. The van der Waals surface area contributed by atoms with Crippen LogP contribution in [0.5, 0.6) is 0 Å². The van der Waals surface area contributed by atoms with E-state index in [4.69, 9.17) is 10.5 Å². The van der Waals surface area contributed by atoms with Crippen molar-refractivity contribution in [2.75, 3.05) is 13.2 Å². The van der Waals surface area contributed by atoms with Crippen LogP contribution in [0.4, 0.5) is 0 Å². The smallest absolute Gasteiger partial charge is 0.0794 e. The molecular weight excluding hydrogens is 246 g/mol. The molecule has 1 saturated heterocycles. The molecule has 3 N–H and O–H groups in total. The second kappa shape index (κ2) is 4.27. The minimum Gasteiger partial charge on any atom is -0.377 e. The van der Waals surface area contributed by atoms with Gasteiger partial charge in [0.2, 0.25) is 0 Å². The van der Waals surface area contributed by atoms with Crippen LogP contribution in [-0.2, 0) is 11.3 Å². The van der Waals surface area contributed by atoms with Crippen molar-refractivity contribution in [2.45, 2.75) is 38.5 Å². The first-order valence-electron chi connectivity index (χ1n) is 6.54. The molecule has 0 spiro atoms. The highest BCUT2D eigenvalue weighted by Gasteiger charge is 2.67. The highest BCUT2D eigenvalue weighted by atomic mass is 32.1. The Hall–Kier alpha value is -0.490. The molecule has 1 aliphatic heterocycles. The molecule has 2 aliphatic rings. The van der Waals surface area contributed by atoms with Gasteiger partial charge in [0.05, 0.1) is 11.6 Å². The van der Waals surface area contributed by atoms with E-state index in [1.807, 2.05) is 11.7 Å². The number of nitrogens with one attached hydrogen (secondary N) is 1. The summed E-state index contributed by atoms with van der Waals surface area (Å²) in [5, 5.41) is 3.49. The number of hydrogen-bond acceptors (Lipinski definition) is 5. The average molecular weight is 267 g/mol. The maximum Gasteiger partial charge on any atom is 0.0794 e. The van der Waals surface area contributed by atoms with Gasteiger partial charge in [-0.15, -0.1) is 11.3 Å². The predicted molar refractivity (Wildman–Crippen MR) is 72.4 cm³/mol. The van der Waals surface area contributed by atoms with E-state index in [-0.39, 0.29) is 11.0 Å². The lowest BCUT2D eigenvalue weighted by Crippen LogP contribution is -2.77. The number of thiazole rings is 1. The van der Waals surface area contributed by atoms with Crippen LogP contribution in [-0.4, -0.2) is 29.8 Å². The first kappa shape index (κ1) is 12.5. The number of ether oxygens (including phenoxy) is 1. The lowest BCUT2D eigenvalue weighted by molar-refractivity contribution is -0.153. The van der Waals surface area contributed by atoms with E-state index in [9.17, 15) is 0 Å². The van der Waals surface area contributed by atoms with Crippen LogP contribution in [0.2, 0.25) is 0 Å². The van der Waals surface area contributed by atoms with E-state index in [1.54, 1.807) is 11.3 Å². The number of rotatable bonds is 4. The molecule has 5 heteroatoms. The predicted octanol–water partition coefficient (Wildman–Crippen LogP) is 1.38. The molecule has 2 fully saturated rings. The highest BCUT2D eigenvalue weighted by Crippen LogP contribution is 2.57. The van der Waals surface area contributed by atoms with Gasteiger partial charge in [-0.05, 0) is 6.42 Å². The van der Waals surface area contributed by atoms with Crippen LogP contribution in [0.25, 0.3) is 0 Å². The Morgan fingerprint density at radius 2 is 2.44 bits per heavy atom. The van der Waals surface area contributed by atoms with Crippen molar-refractivity contribution in [3.63, 3.8) is 0 Å². The van der Waals surface area contributed by atoms with Gasteiger partial charge in [-0.3, -0.25) is 4.98 Å². The Morgan fingerprint density at radius 1 is 1.61 bits per heavy atom. The molecular formula is C13H21N3OS. The van der Waals surface area contributed by atoms with Crippen molar-refractivity contribution >= 4 is 11.3 Å². The molecule has 0 radical (unpaired) electrons. The maximum atomic E-state index is 6.65. The Balaban J connectivity index is 1.61. The van der Waals surface area contributed by atoms with Crippen molar-refractivity contribution in [1.29, 1.82) is 0 Å². The lowest BCUT2D eigenvalue weighted by Gasteiger charge is -2.62. The monoisotopic (exact) mass is 267 g/mol. The number of nitrogens with two attached hydrogens (primary N) is 1. The summed E-state index contributed by atoms with van der Waals surface area (Å²) in [6, 6.07) is 0. The number of nitrogens with zero attached hydrogens (tertiary/aromatic N) is 1. The van der Waals surface area contributed by atoms with Gasteiger partial charge in [0, 0.05) is 47.6 Å². The van der Waals surface area contributed by atoms with Gasteiger partial charge in [0.15, 0.2) is 0 Å². The molecule has 1 aliphatic carbocycles. The van der Waals surface area contributed by atoms with Crippen molar-refractivity contribution < 1.29 is 4.74 Å². The average Bonchev–Trinajstić information content (AvgIpc) is 2.99. The largest absolute Gasteiger partial charge is 0.377 e. The summed E-state index contributed by atoms with van der Waals surface area (Å²) in [6.07, 6.45) is 3.37. The first-order chi connectivity index (χ1) is 8.56. The molecule has 4 nitrogen and oxygen atoms in total. The first-order valence-corrected chi connectivity index (χ1v) is 7.42. The molecule has 0 bridgehead atoms. The van der Waals surface area contributed by atoms with Gasteiger partial charge in [0.1, 0.15) is 0 Å². The Labute approximate surface area is 112 Å². The molecule has 1 saturated carbocycles. The molecule has 1 aromatic heterocycles. The number of aromatic nitrogens is 1. The quantitative estimate of drug-likeness (QED) is 0.865. The Morgan fingerprint density at radius 3 is 3.17 bits per heavy atom. The van der Waals surface area contributed by atoms with Crippen molar-refractivity contribution in [3.8, 4) is 0 Å². The van der Waals surface area contributed by atoms with E-state index in [0.29, 0.717) is 12.0 Å². The van der Waals surface area contributed by atoms with Gasteiger partial charge >= 0.3 is 0 Å². The lowest BCUT2D eigenvalue weighted by atomic mass is 9.48. The molecule has 2 heterocycles. The minimum atomic E-state index is -0.140. The standard InChI is InChI=1S/C13H21N3OS/c1-12(2)11-10(3-4-17-11)13(12,14)7-15-5-9-6-16-8-18-9/h6,8,10-11,15H,3-5,7,14H2,1-2H3. The Kier molecular flexibility index (Phi) is 2.97. The fourth-order valence-electron chi connectivity index (χ4n) is 3.56. The molecule has 3 atom stereocenters. The van der Waals surface area contributed by atoms with Gasteiger partial charge in [-0.2, -0.15) is 0 Å². The minimum absolute atomic E-state index is 0.0644. The molecule has 0 amide bonds. The molecule has 1 aromatic rings. The highest BCUT2D eigenvalue weighted by molar-refractivity contribution is 7.09. The van der Waals surface area contributed by atoms with Gasteiger partial charge in [0.25, 0.3) is 0 Å². The molecule has 3 unspecified atom stereocenters. The van der Waals surface area contributed by atoms with E-state index in [2.05, 4.69) is 24.1 Å². The summed E-state index contributed by atoms with van der Waals surface area (Å²) in [7, 11) is 0. The van der Waals surface area contributed by atoms with Crippen LogP contribution < -0.4 is 11.1 Å². The molecule has 0 aromatic carbocycles. The van der Waals surface area contributed by atoms with Gasteiger partial charge in [-0.25, -0.2) is 0 Å². The summed E-state index contributed by atoms with van der Waals surface area (Å²) in [6.45, 7) is 7.04. The molecule has 18 heavy (non-hydrogen) atoms. The van der Waals surface area contributed by atoms with E-state index < -0.39 is 0 Å². The fraction of sp³-hybridized carbons (Fsp3) is 0.769. The second-order valence-electron chi connectivity index (χ2n) is 6.02. The maximum absolute atomic E-state index is 6.65. The van der Waals surface area contributed by atoms with E-state index in [1.165, 1.54) is 4.88 Å². The van der Waals surface area contributed by atoms with Crippen LogP contribution in [0, 0.1) is 11.3 Å². The second-order valence-corrected chi connectivity index (χ2v) is 6.99. The molecule has 3 rings (SSSR count). The summed E-state index contributed by atoms with van der Waals surface area (Å²) < 4.78 is 5.80. The Bertz CT molecular complexity index is 420. The third kappa shape index (κ3) is 1.65. The number of fused-ring (bicyclic) bond motifs is 1. The summed E-state index contributed by atoms with van der Waals surface area (Å²) >= 11 is 1.68. The van der Waals surface area contributed by atoms with Crippen molar-refractivity contribution in [3.05, 3.63) is 16.6 Å². The zero-order valence-electron chi connectivity index (χ0n) is 11.0. The van der Waals surface area contributed by atoms with Crippen LogP contribution in [0.3, 0.4) is 0 Å². The summed E-state index contributed by atoms with van der Waals surface area (Å²) in [5.41, 5.74) is 8.44. The third-order valence-electron chi connectivity index (χ3n) is 4.86. The number of hydrogen-bond donors (Lipinski definition) is 2. The fourth-order valence-corrected chi connectivity index (χ4v) is 4.12. The SMILES string of the molecule is CC1(C)C2OCCC2C1(N)CNCc1cncs1. The zero-order chi connectivity index (χ0) is 12.8. The topological polar surface area (TPSA) is 60.2 Å².